The first-order valence-corrected chi connectivity index (χ1v) is 7.40. The molecule has 1 aliphatic rings. The molecular weight excluding hydrogens is 265 g/mol. The maximum atomic E-state index is 13.6. The van der Waals surface area contributed by atoms with Crippen LogP contribution in [0.5, 0.6) is 0 Å². The van der Waals surface area contributed by atoms with Gasteiger partial charge in [-0.3, -0.25) is 4.98 Å². The van der Waals surface area contributed by atoms with Gasteiger partial charge in [-0.15, -0.1) is 0 Å². The zero-order valence-corrected chi connectivity index (χ0v) is 12.2. The van der Waals surface area contributed by atoms with E-state index in [2.05, 4.69) is 21.3 Å². The lowest BCUT2D eigenvalue weighted by molar-refractivity contribution is 0.561. The molecule has 0 bridgehead atoms. The number of hydrogen-bond acceptors (Lipinski definition) is 3. The second-order valence-electron chi connectivity index (χ2n) is 5.38. The fourth-order valence-corrected chi connectivity index (χ4v) is 3.05. The summed E-state index contributed by atoms with van der Waals surface area (Å²) in [6.07, 6.45) is 3.74. The minimum Gasteiger partial charge on any atom is -0.363 e. The molecule has 3 rings (SSSR count). The number of rotatable bonds is 5. The lowest BCUT2D eigenvalue weighted by atomic mass is 10.0. The molecule has 1 aliphatic heterocycles. The summed E-state index contributed by atoms with van der Waals surface area (Å²) >= 11 is 0. The van der Waals surface area contributed by atoms with E-state index in [-0.39, 0.29) is 11.9 Å². The molecule has 1 atom stereocenters. The number of aromatic nitrogens is 1. The molecule has 0 spiro atoms. The number of fused-ring (bicyclic) bond motifs is 1. The summed E-state index contributed by atoms with van der Waals surface area (Å²) in [5, 5.41) is 3.19. The predicted octanol–water partition coefficient (Wildman–Crippen LogP) is 2.93. The van der Waals surface area contributed by atoms with Gasteiger partial charge in [0.1, 0.15) is 5.82 Å². The summed E-state index contributed by atoms with van der Waals surface area (Å²) < 4.78 is 13.6. The van der Waals surface area contributed by atoms with Crippen LogP contribution in [0.1, 0.15) is 23.7 Å². The molecule has 0 aliphatic carbocycles. The van der Waals surface area contributed by atoms with Gasteiger partial charge in [-0.1, -0.05) is 12.1 Å². The van der Waals surface area contributed by atoms with Gasteiger partial charge in [0, 0.05) is 19.2 Å². The minimum atomic E-state index is -0.174. The molecule has 1 unspecified atom stereocenters. The molecule has 21 heavy (non-hydrogen) atoms. The topological polar surface area (TPSA) is 28.2 Å². The number of benzene rings is 1. The van der Waals surface area contributed by atoms with E-state index >= 15 is 0 Å². The molecule has 110 valence electrons. The molecule has 3 nitrogen and oxygen atoms in total. The van der Waals surface area contributed by atoms with E-state index in [1.165, 1.54) is 11.8 Å². The van der Waals surface area contributed by atoms with Crippen LogP contribution < -0.4 is 10.2 Å². The van der Waals surface area contributed by atoms with Crippen molar-refractivity contribution in [3.05, 3.63) is 59.7 Å². The molecule has 2 aromatic rings. The van der Waals surface area contributed by atoms with Crippen LogP contribution in [0.25, 0.3) is 0 Å². The maximum Gasteiger partial charge on any atom is 0.123 e. The van der Waals surface area contributed by atoms with Gasteiger partial charge in [0.05, 0.1) is 17.4 Å². The van der Waals surface area contributed by atoms with Crippen LogP contribution in [-0.4, -0.2) is 25.1 Å². The highest BCUT2D eigenvalue weighted by Gasteiger charge is 2.27. The van der Waals surface area contributed by atoms with E-state index < -0.39 is 0 Å². The smallest absolute Gasteiger partial charge is 0.123 e. The summed E-state index contributed by atoms with van der Waals surface area (Å²) in [7, 11) is 1.95. The summed E-state index contributed by atoms with van der Waals surface area (Å²) in [5.41, 5.74) is 3.35. The zero-order valence-electron chi connectivity index (χ0n) is 12.2. The third-order valence-electron chi connectivity index (χ3n) is 4.04. The molecular formula is C17H20FN3. The van der Waals surface area contributed by atoms with Crippen molar-refractivity contribution in [1.82, 2.24) is 10.3 Å². The Morgan fingerprint density at radius 3 is 3.05 bits per heavy atom. The standard InChI is InChI=1S/C17H20FN3/c1-19-10-7-16(13-4-2-5-14(18)12-13)21-11-8-15-17(21)6-3-9-20-15/h2-6,9,12,16,19H,7-8,10-11H2,1H3. The zero-order chi connectivity index (χ0) is 14.7. The predicted molar refractivity (Wildman–Crippen MR) is 83.0 cm³/mol. The first-order chi connectivity index (χ1) is 10.3. The normalized spacial score (nSPS) is 15.0. The molecule has 0 radical (unpaired) electrons. The van der Waals surface area contributed by atoms with Crippen LogP contribution in [0, 0.1) is 5.82 Å². The molecule has 4 heteroatoms. The van der Waals surface area contributed by atoms with Gasteiger partial charge in [0.2, 0.25) is 0 Å². The average molecular weight is 285 g/mol. The molecule has 1 N–H and O–H groups in total. The monoisotopic (exact) mass is 285 g/mol. The van der Waals surface area contributed by atoms with Crippen molar-refractivity contribution in [2.75, 3.05) is 25.0 Å². The molecule has 0 fully saturated rings. The van der Waals surface area contributed by atoms with Crippen LogP contribution in [0.3, 0.4) is 0 Å². The van der Waals surface area contributed by atoms with Crippen molar-refractivity contribution in [3.63, 3.8) is 0 Å². The summed E-state index contributed by atoms with van der Waals surface area (Å²) in [6, 6.07) is 11.2. The van der Waals surface area contributed by atoms with E-state index in [1.807, 2.05) is 25.4 Å². The van der Waals surface area contributed by atoms with Crippen molar-refractivity contribution >= 4 is 5.69 Å². The van der Waals surface area contributed by atoms with Gasteiger partial charge in [0.15, 0.2) is 0 Å². The van der Waals surface area contributed by atoms with E-state index in [0.29, 0.717) is 0 Å². The first-order valence-electron chi connectivity index (χ1n) is 7.40. The highest BCUT2D eigenvalue weighted by molar-refractivity contribution is 5.56. The Balaban J connectivity index is 1.93. The van der Waals surface area contributed by atoms with Crippen molar-refractivity contribution < 1.29 is 4.39 Å². The van der Waals surface area contributed by atoms with Crippen LogP contribution in [-0.2, 0) is 6.42 Å². The molecule has 1 aromatic carbocycles. The van der Waals surface area contributed by atoms with Crippen LogP contribution in [0.2, 0.25) is 0 Å². The van der Waals surface area contributed by atoms with E-state index in [1.54, 1.807) is 12.1 Å². The van der Waals surface area contributed by atoms with Crippen LogP contribution >= 0.6 is 0 Å². The van der Waals surface area contributed by atoms with E-state index in [0.717, 1.165) is 37.2 Å². The maximum absolute atomic E-state index is 13.6. The van der Waals surface area contributed by atoms with Gasteiger partial charge in [0.25, 0.3) is 0 Å². The summed E-state index contributed by atoms with van der Waals surface area (Å²) in [6.45, 7) is 1.84. The van der Waals surface area contributed by atoms with Crippen molar-refractivity contribution in [2.24, 2.45) is 0 Å². The second kappa shape index (κ2) is 6.22. The lowest BCUT2D eigenvalue weighted by Gasteiger charge is -2.30. The fraction of sp³-hybridized carbons (Fsp3) is 0.353. The Hall–Kier alpha value is -1.94. The number of nitrogens with one attached hydrogen (secondary N) is 1. The van der Waals surface area contributed by atoms with Crippen LogP contribution in [0.4, 0.5) is 10.1 Å². The number of anilines is 1. The van der Waals surface area contributed by atoms with Crippen LogP contribution in [0.15, 0.2) is 42.6 Å². The average Bonchev–Trinajstić information content (AvgIpc) is 2.92. The number of pyridine rings is 1. The highest BCUT2D eigenvalue weighted by atomic mass is 19.1. The molecule has 2 heterocycles. The Labute approximate surface area is 124 Å². The molecule has 1 aromatic heterocycles. The lowest BCUT2D eigenvalue weighted by Crippen LogP contribution is -2.29. The van der Waals surface area contributed by atoms with Gasteiger partial charge >= 0.3 is 0 Å². The molecule has 0 saturated carbocycles. The van der Waals surface area contributed by atoms with E-state index in [4.69, 9.17) is 0 Å². The number of hydrogen-bond donors (Lipinski definition) is 1. The van der Waals surface area contributed by atoms with Gasteiger partial charge in [-0.2, -0.15) is 0 Å². The highest BCUT2D eigenvalue weighted by Crippen LogP contribution is 2.35. The number of nitrogens with zero attached hydrogens (tertiary/aromatic N) is 2. The summed E-state index contributed by atoms with van der Waals surface area (Å²) in [4.78, 5) is 6.81. The largest absolute Gasteiger partial charge is 0.363 e. The van der Waals surface area contributed by atoms with Gasteiger partial charge in [-0.25, -0.2) is 4.39 Å². The van der Waals surface area contributed by atoms with Crippen molar-refractivity contribution in [2.45, 2.75) is 18.9 Å². The Morgan fingerprint density at radius 1 is 1.33 bits per heavy atom. The van der Waals surface area contributed by atoms with Crippen molar-refractivity contribution in [3.8, 4) is 0 Å². The van der Waals surface area contributed by atoms with Gasteiger partial charge in [-0.05, 0) is 49.8 Å². The molecule has 0 amide bonds. The summed E-state index contributed by atoms with van der Waals surface area (Å²) in [5.74, 6) is -0.174. The minimum absolute atomic E-state index is 0.174. The Kier molecular flexibility index (Phi) is 4.15. The Bertz CT molecular complexity index is 614. The number of halogens is 1. The van der Waals surface area contributed by atoms with Crippen molar-refractivity contribution in [1.29, 1.82) is 0 Å². The second-order valence-corrected chi connectivity index (χ2v) is 5.38. The fourth-order valence-electron chi connectivity index (χ4n) is 3.05. The van der Waals surface area contributed by atoms with E-state index in [9.17, 15) is 4.39 Å². The third kappa shape index (κ3) is 2.90. The van der Waals surface area contributed by atoms with Gasteiger partial charge < -0.3 is 10.2 Å². The SMILES string of the molecule is CNCCC(c1cccc(F)c1)N1CCc2ncccc21. The Morgan fingerprint density at radius 2 is 2.24 bits per heavy atom. The quantitative estimate of drug-likeness (QED) is 0.915. The molecule has 0 saturated heterocycles. The first kappa shape index (κ1) is 14.0. The third-order valence-corrected chi connectivity index (χ3v) is 4.04.